The molecule has 0 saturated heterocycles. The maximum absolute atomic E-state index is 12.4. The zero-order valence-electron chi connectivity index (χ0n) is 9.22. The molecule has 2 aromatic rings. The molecule has 0 unspecified atom stereocenters. The maximum Gasteiger partial charge on any atom is 0.416 e. The fourth-order valence-electron chi connectivity index (χ4n) is 1.53. The molecule has 19 heavy (non-hydrogen) atoms. The van der Waals surface area contributed by atoms with E-state index in [9.17, 15) is 23.1 Å². The Bertz CT molecular complexity index is 617. The van der Waals surface area contributed by atoms with Gasteiger partial charge in [-0.15, -0.1) is 0 Å². The van der Waals surface area contributed by atoms with Crippen LogP contribution >= 0.6 is 0 Å². The molecule has 1 aromatic heterocycles. The second-order valence-corrected chi connectivity index (χ2v) is 3.64. The van der Waals surface area contributed by atoms with Gasteiger partial charge in [-0.25, -0.2) is 9.48 Å². The van der Waals surface area contributed by atoms with Crippen LogP contribution in [0, 0.1) is 0 Å². The summed E-state index contributed by atoms with van der Waals surface area (Å²) in [6.07, 6.45) is -3.57. The number of carboxylic acid groups (broad SMARTS) is 1. The van der Waals surface area contributed by atoms with Crippen molar-refractivity contribution in [2.45, 2.75) is 6.18 Å². The summed E-state index contributed by atoms with van der Waals surface area (Å²) in [6.45, 7) is 0. The Labute approximate surface area is 104 Å². The fraction of sp³-hybridized carbons (Fsp3) is 0.0909. The molecule has 1 heterocycles. The summed E-state index contributed by atoms with van der Waals surface area (Å²) >= 11 is 0. The molecular weight excluding hydrogens is 265 g/mol. The molecule has 0 saturated carbocycles. The van der Waals surface area contributed by atoms with Crippen molar-refractivity contribution in [3.63, 3.8) is 0 Å². The van der Waals surface area contributed by atoms with Crippen molar-refractivity contribution in [1.29, 1.82) is 0 Å². The van der Waals surface area contributed by atoms with E-state index in [1.165, 1.54) is 0 Å². The predicted molar refractivity (Wildman–Crippen MR) is 57.2 cm³/mol. The number of aromatic hydroxyl groups is 1. The van der Waals surface area contributed by atoms with Crippen LogP contribution in [0.1, 0.15) is 16.1 Å². The molecule has 0 radical (unpaired) electrons. The molecule has 2 rings (SSSR count). The first-order chi connectivity index (χ1) is 8.80. The molecule has 5 nitrogen and oxygen atoms in total. The summed E-state index contributed by atoms with van der Waals surface area (Å²) in [5.41, 5.74) is -1.27. The third-order valence-electron chi connectivity index (χ3n) is 2.39. The van der Waals surface area contributed by atoms with Crippen LogP contribution in [-0.2, 0) is 6.18 Å². The molecule has 100 valence electrons. The second-order valence-electron chi connectivity index (χ2n) is 3.64. The number of carbonyl (C=O) groups is 1. The monoisotopic (exact) mass is 272 g/mol. The molecule has 0 fully saturated rings. The van der Waals surface area contributed by atoms with Gasteiger partial charge in [-0.1, -0.05) is 0 Å². The summed E-state index contributed by atoms with van der Waals surface area (Å²) in [5, 5.41) is 21.8. The fourth-order valence-corrected chi connectivity index (χ4v) is 1.53. The lowest BCUT2D eigenvalue weighted by Crippen LogP contribution is -2.09. The Morgan fingerprint density at radius 1 is 1.21 bits per heavy atom. The molecule has 0 atom stereocenters. The minimum absolute atomic E-state index is 0.103. The first kappa shape index (κ1) is 12.9. The van der Waals surface area contributed by atoms with Crippen LogP contribution in [0.3, 0.4) is 0 Å². The Morgan fingerprint density at radius 3 is 2.26 bits per heavy atom. The van der Waals surface area contributed by atoms with Gasteiger partial charge in [-0.05, 0) is 24.3 Å². The van der Waals surface area contributed by atoms with Gasteiger partial charge in [0.1, 0.15) is 0 Å². The largest absolute Gasteiger partial charge is 0.504 e. The number of benzene rings is 1. The minimum Gasteiger partial charge on any atom is -0.504 e. The van der Waals surface area contributed by atoms with Crippen LogP contribution in [-0.4, -0.2) is 26.0 Å². The first-order valence-electron chi connectivity index (χ1n) is 4.98. The number of aromatic carboxylic acids is 1. The van der Waals surface area contributed by atoms with E-state index in [1.54, 1.807) is 0 Å². The highest BCUT2D eigenvalue weighted by atomic mass is 19.4. The molecular formula is C11H7F3N2O3. The first-order valence-corrected chi connectivity index (χ1v) is 4.98. The summed E-state index contributed by atoms with van der Waals surface area (Å²) in [7, 11) is 0. The van der Waals surface area contributed by atoms with Crippen molar-refractivity contribution in [2.24, 2.45) is 0 Å². The summed E-state index contributed by atoms with van der Waals surface area (Å²) < 4.78 is 38.0. The van der Waals surface area contributed by atoms with Gasteiger partial charge in [0.05, 0.1) is 17.4 Å². The number of hydrogen-bond acceptors (Lipinski definition) is 3. The second kappa shape index (κ2) is 4.30. The van der Waals surface area contributed by atoms with Crippen LogP contribution in [0.15, 0.2) is 30.5 Å². The molecule has 1 aromatic carbocycles. The number of carboxylic acids is 1. The number of alkyl halides is 3. The molecule has 0 aliphatic carbocycles. The van der Waals surface area contributed by atoms with Gasteiger partial charge in [0.2, 0.25) is 0 Å². The van der Waals surface area contributed by atoms with Gasteiger partial charge in [0.25, 0.3) is 0 Å². The van der Waals surface area contributed by atoms with E-state index >= 15 is 0 Å². The van der Waals surface area contributed by atoms with E-state index in [-0.39, 0.29) is 5.69 Å². The lowest BCUT2D eigenvalue weighted by atomic mass is 10.2. The summed E-state index contributed by atoms with van der Waals surface area (Å²) in [4.78, 5) is 10.9. The van der Waals surface area contributed by atoms with Gasteiger partial charge in [0.15, 0.2) is 11.4 Å². The highest BCUT2D eigenvalue weighted by Gasteiger charge is 2.30. The number of aromatic nitrogens is 2. The van der Waals surface area contributed by atoms with Crippen molar-refractivity contribution in [3.05, 3.63) is 41.7 Å². The quantitative estimate of drug-likeness (QED) is 0.879. The predicted octanol–water partition coefficient (Wildman–Crippen LogP) is 2.29. The number of halogens is 3. The maximum atomic E-state index is 12.4. The van der Waals surface area contributed by atoms with Gasteiger partial charge < -0.3 is 10.2 Å². The van der Waals surface area contributed by atoms with Crippen LogP contribution < -0.4 is 0 Å². The van der Waals surface area contributed by atoms with E-state index in [0.717, 1.165) is 35.1 Å². The van der Waals surface area contributed by atoms with Gasteiger partial charge >= 0.3 is 12.1 Å². The molecule has 0 bridgehead atoms. The highest BCUT2D eigenvalue weighted by Crippen LogP contribution is 2.30. The van der Waals surface area contributed by atoms with Crippen molar-refractivity contribution < 1.29 is 28.2 Å². The lowest BCUT2D eigenvalue weighted by Gasteiger charge is -2.08. The third-order valence-corrected chi connectivity index (χ3v) is 2.39. The van der Waals surface area contributed by atoms with E-state index in [0.29, 0.717) is 0 Å². The van der Waals surface area contributed by atoms with E-state index in [1.807, 2.05) is 0 Å². The molecule has 2 N–H and O–H groups in total. The Balaban J connectivity index is 2.46. The SMILES string of the molecule is O=C(O)c1c(O)cnn1-c1ccc(C(F)(F)F)cc1. The Hall–Kier alpha value is -2.51. The summed E-state index contributed by atoms with van der Waals surface area (Å²) in [5.74, 6) is -2.00. The standard InChI is InChI=1S/C11H7F3N2O3/c12-11(13,14)6-1-3-7(4-2-6)16-9(10(18)19)8(17)5-15-16/h1-5,17H,(H,18,19). The van der Waals surface area contributed by atoms with Crippen LogP contribution in [0.2, 0.25) is 0 Å². The van der Waals surface area contributed by atoms with Gasteiger partial charge in [-0.2, -0.15) is 18.3 Å². The smallest absolute Gasteiger partial charge is 0.416 e. The average Bonchev–Trinajstić information content (AvgIpc) is 2.70. The Kier molecular flexibility index (Phi) is 2.93. The lowest BCUT2D eigenvalue weighted by molar-refractivity contribution is -0.137. The topological polar surface area (TPSA) is 75.3 Å². The third kappa shape index (κ3) is 2.37. The zero-order chi connectivity index (χ0) is 14.2. The Morgan fingerprint density at radius 2 is 1.79 bits per heavy atom. The van der Waals surface area contributed by atoms with Crippen LogP contribution in [0.25, 0.3) is 5.69 Å². The van der Waals surface area contributed by atoms with E-state index in [4.69, 9.17) is 5.11 Å². The van der Waals surface area contributed by atoms with E-state index < -0.39 is 29.2 Å². The zero-order valence-corrected chi connectivity index (χ0v) is 9.22. The van der Waals surface area contributed by atoms with Gasteiger partial charge in [0, 0.05) is 0 Å². The minimum atomic E-state index is -4.47. The van der Waals surface area contributed by atoms with Crippen LogP contribution in [0.4, 0.5) is 13.2 Å². The number of rotatable bonds is 2. The molecule has 8 heteroatoms. The van der Waals surface area contributed by atoms with E-state index in [2.05, 4.69) is 5.10 Å². The number of nitrogens with zero attached hydrogens (tertiary/aromatic N) is 2. The van der Waals surface area contributed by atoms with Gasteiger partial charge in [-0.3, -0.25) is 0 Å². The molecule has 0 spiro atoms. The molecule has 0 aliphatic rings. The number of hydrogen-bond donors (Lipinski definition) is 2. The van der Waals surface area contributed by atoms with Crippen molar-refractivity contribution in [2.75, 3.05) is 0 Å². The van der Waals surface area contributed by atoms with Crippen molar-refractivity contribution in [1.82, 2.24) is 9.78 Å². The molecule has 0 amide bonds. The summed E-state index contributed by atoms with van der Waals surface area (Å²) in [6, 6.07) is 3.75. The van der Waals surface area contributed by atoms with Crippen molar-refractivity contribution in [3.8, 4) is 11.4 Å². The average molecular weight is 272 g/mol. The highest BCUT2D eigenvalue weighted by molar-refractivity contribution is 5.89. The molecule has 0 aliphatic heterocycles. The van der Waals surface area contributed by atoms with Crippen LogP contribution in [0.5, 0.6) is 5.75 Å². The normalized spacial score (nSPS) is 11.5. The van der Waals surface area contributed by atoms with Crippen molar-refractivity contribution >= 4 is 5.97 Å².